The van der Waals surface area contributed by atoms with Gasteiger partial charge in [-0.3, -0.25) is 4.79 Å². The van der Waals surface area contributed by atoms with Gasteiger partial charge in [0.05, 0.1) is 41.3 Å². The lowest BCUT2D eigenvalue weighted by Gasteiger charge is -2.18. The zero-order valence-electron chi connectivity index (χ0n) is 16.6. The Balaban J connectivity index is 1.81. The molecule has 29 heavy (non-hydrogen) atoms. The molecule has 0 unspecified atom stereocenters. The second-order valence-electron chi connectivity index (χ2n) is 6.79. The topological polar surface area (TPSA) is 81.4 Å². The number of ether oxygens (including phenoxy) is 1. The first kappa shape index (κ1) is 18.6. The van der Waals surface area contributed by atoms with Gasteiger partial charge < -0.3 is 14.2 Å². The van der Waals surface area contributed by atoms with Crippen molar-refractivity contribution < 1.29 is 14.1 Å². The van der Waals surface area contributed by atoms with Crippen molar-refractivity contribution in [3.05, 3.63) is 65.5 Å². The molecule has 1 amide bonds. The van der Waals surface area contributed by atoms with E-state index in [4.69, 9.17) is 9.26 Å². The van der Waals surface area contributed by atoms with Crippen LogP contribution in [0.5, 0.6) is 5.88 Å². The van der Waals surface area contributed by atoms with Gasteiger partial charge in [-0.05, 0) is 26.0 Å². The highest BCUT2D eigenvalue weighted by Gasteiger charge is 2.22. The molecule has 7 heteroatoms. The molecule has 0 aliphatic carbocycles. The number of carbonyl (C=O) groups excluding carboxylic acids is 1. The Kier molecular flexibility index (Phi) is 4.72. The monoisotopic (exact) mass is 388 g/mol. The molecule has 146 valence electrons. The molecule has 3 aromatic heterocycles. The minimum atomic E-state index is -0.205. The highest BCUT2D eigenvalue weighted by Crippen LogP contribution is 2.29. The number of nitrogens with zero attached hydrogens (tertiary/aromatic N) is 4. The first-order valence-corrected chi connectivity index (χ1v) is 9.10. The summed E-state index contributed by atoms with van der Waals surface area (Å²) in [5.41, 5.74) is 4.77. The third kappa shape index (κ3) is 3.42. The molecule has 0 saturated carbocycles. The van der Waals surface area contributed by atoms with E-state index in [1.807, 2.05) is 31.2 Å². The molecule has 0 radical (unpaired) electrons. The lowest BCUT2D eigenvalue weighted by Crippen LogP contribution is -2.26. The molecule has 7 nitrogen and oxygen atoms in total. The van der Waals surface area contributed by atoms with E-state index in [1.54, 1.807) is 45.5 Å². The molecule has 0 aliphatic rings. The van der Waals surface area contributed by atoms with Crippen LogP contribution in [-0.4, -0.2) is 35.2 Å². The van der Waals surface area contributed by atoms with E-state index in [-0.39, 0.29) is 5.91 Å². The van der Waals surface area contributed by atoms with E-state index in [2.05, 4.69) is 15.1 Å². The Bertz CT molecular complexity index is 1180. The van der Waals surface area contributed by atoms with Gasteiger partial charge in [0.25, 0.3) is 11.6 Å². The largest absolute Gasteiger partial charge is 0.481 e. The Morgan fingerprint density at radius 2 is 1.86 bits per heavy atom. The maximum Gasteiger partial charge on any atom is 0.259 e. The number of carbonyl (C=O) groups is 1. The van der Waals surface area contributed by atoms with Gasteiger partial charge in [-0.2, -0.15) is 0 Å². The molecule has 0 N–H and O–H groups in total. The van der Waals surface area contributed by atoms with Crippen LogP contribution in [0.25, 0.3) is 22.4 Å². The summed E-state index contributed by atoms with van der Waals surface area (Å²) >= 11 is 0. The number of amides is 1. The Hall–Kier alpha value is -3.74. The SMILES string of the molecule is COc1ccc(N(C)C(=O)c2cc(-c3ccc(C)cc3)nc3onc(C)c23)cn1. The third-order valence-corrected chi connectivity index (χ3v) is 4.82. The van der Waals surface area contributed by atoms with E-state index in [1.165, 1.54) is 4.90 Å². The fraction of sp³-hybridized carbons (Fsp3) is 0.182. The van der Waals surface area contributed by atoms with Crippen molar-refractivity contribution in [3.63, 3.8) is 0 Å². The number of fused-ring (bicyclic) bond motifs is 1. The van der Waals surface area contributed by atoms with Crippen molar-refractivity contribution in [2.45, 2.75) is 13.8 Å². The molecule has 3 heterocycles. The number of benzene rings is 1. The van der Waals surface area contributed by atoms with Crippen molar-refractivity contribution >= 4 is 22.7 Å². The Morgan fingerprint density at radius 3 is 2.52 bits per heavy atom. The van der Waals surface area contributed by atoms with Gasteiger partial charge in [0.1, 0.15) is 0 Å². The molecule has 0 saturated heterocycles. The lowest BCUT2D eigenvalue weighted by atomic mass is 10.0. The average Bonchev–Trinajstić information content (AvgIpc) is 3.13. The predicted octanol–water partition coefficient (Wildman–Crippen LogP) is 4.19. The van der Waals surface area contributed by atoms with Crippen LogP contribution in [0.3, 0.4) is 0 Å². The molecule has 4 rings (SSSR count). The molecule has 4 aromatic rings. The number of methoxy groups -OCH3 is 1. The van der Waals surface area contributed by atoms with Gasteiger partial charge in [-0.15, -0.1) is 0 Å². The highest BCUT2D eigenvalue weighted by molar-refractivity contribution is 6.13. The summed E-state index contributed by atoms with van der Waals surface area (Å²) in [4.78, 5) is 23.6. The minimum Gasteiger partial charge on any atom is -0.481 e. The zero-order valence-corrected chi connectivity index (χ0v) is 16.6. The van der Waals surface area contributed by atoms with Crippen LogP contribution in [0.2, 0.25) is 0 Å². The van der Waals surface area contributed by atoms with Crippen molar-refractivity contribution in [1.29, 1.82) is 0 Å². The number of aromatic nitrogens is 3. The molecule has 0 fully saturated rings. The molecular weight excluding hydrogens is 368 g/mol. The number of anilines is 1. The summed E-state index contributed by atoms with van der Waals surface area (Å²) in [6.45, 7) is 3.82. The highest BCUT2D eigenvalue weighted by atomic mass is 16.5. The van der Waals surface area contributed by atoms with E-state index >= 15 is 0 Å². The van der Waals surface area contributed by atoms with Crippen LogP contribution in [0.4, 0.5) is 5.69 Å². The quantitative estimate of drug-likeness (QED) is 0.521. The van der Waals surface area contributed by atoms with Crippen LogP contribution >= 0.6 is 0 Å². The molecular formula is C22H20N4O3. The lowest BCUT2D eigenvalue weighted by molar-refractivity contribution is 0.0994. The molecule has 0 spiro atoms. The van der Waals surface area contributed by atoms with Crippen LogP contribution in [0.1, 0.15) is 21.6 Å². The summed E-state index contributed by atoms with van der Waals surface area (Å²) in [6, 6.07) is 13.2. The van der Waals surface area contributed by atoms with Crippen molar-refractivity contribution in [2.75, 3.05) is 19.1 Å². The molecule has 0 atom stereocenters. The third-order valence-electron chi connectivity index (χ3n) is 4.82. The van der Waals surface area contributed by atoms with Crippen molar-refractivity contribution in [3.8, 4) is 17.1 Å². The second-order valence-corrected chi connectivity index (χ2v) is 6.79. The summed E-state index contributed by atoms with van der Waals surface area (Å²) < 4.78 is 10.5. The summed E-state index contributed by atoms with van der Waals surface area (Å²) in [5.74, 6) is 0.279. The van der Waals surface area contributed by atoms with Crippen molar-refractivity contribution in [1.82, 2.24) is 15.1 Å². The average molecular weight is 388 g/mol. The van der Waals surface area contributed by atoms with E-state index in [0.717, 1.165) is 11.1 Å². The minimum absolute atomic E-state index is 0.205. The Morgan fingerprint density at radius 1 is 1.10 bits per heavy atom. The van der Waals surface area contributed by atoms with Crippen LogP contribution < -0.4 is 9.64 Å². The molecule has 1 aromatic carbocycles. The number of hydrogen-bond acceptors (Lipinski definition) is 6. The summed E-state index contributed by atoms with van der Waals surface area (Å²) in [5, 5.41) is 4.62. The second kappa shape index (κ2) is 7.35. The van der Waals surface area contributed by atoms with Gasteiger partial charge in [-0.1, -0.05) is 35.0 Å². The van der Waals surface area contributed by atoms with Crippen LogP contribution in [0.15, 0.2) is 53.2 Å². The molecule has 0 bridgehead atoms. The van der Waals surface area contributed by atoms with Gasteiger partial charge in [0.2, 0.25) is 5.88 Å². The maximum absolute atomic E-state index is 13.4. The fourth-order valence-corrected chi connectivity index (χ4v) is 3.13. The standard InChI is InChI=1S/C22H20N4O3/c1-13-5-7-15(8-6-13)18-11-17(20-14(2)25-29-21(20)24-18)22(27)26(3)16-9-10-19(28-4)23-12-16/h5-12H,1-4H3. The number of aryl methyl sites for hydroxylation is 2. The molecule has 0 aliphatic heterocycles. The number of rotatable bonds is 4. The van der Waals surface area contributed by atoms with Crippen molar-refractivity contribution in [2.24, 2.45) is 0 Å². The van der Waals surface area contributed by atoms with Gasteiger partial charge >= 0.3 is 0 Å². The fourth-order valence-electron chi connectivity index (χ4n) is 3.13. The van der Waals surface area contributed by atoms with Gasteiger partial charge in [0.15, 0.2) is 0 Å². The van der Waals surface area contributed by atoms with E-state index in [0.29, 0.717) is 39.6 Å². The smallest absolute Gasteiger partial charge is 0.259 e. The summed E-state index contributed by atoms with van der Waals surface area (Å²) in [6.07, 6.45) is 1.59. The van der Waals surface area contributed by atoms with E-state index < -0.39 is 0 Å². The van der Waals surface area contributed by atoms with Crippen LogP contribution in [-0.2, 0) is 0 Å². The van der Waals surface area contributed by atoms with Gasteiger partial charge in [-0.25, -0.2) is 9.97 Å². The number of pyridine rings is 2. The maximum atomic E-state index is 13.4. The first-order valence-electron chi connectivity index (χ1n) is 9.10. The number of hydrogen-bond donors (Lipinski definition) is 0. The van der Waals surface area contributed by atoms with Gasteiger partial charge in [0, 0.05) is 18.7 Å². The summed E-state index contributed by atoms with van der Waals surface area (Å²) in [7, 11) is 3.25. The zero-order chi connectivity index (χ0) is 20.5. The van der Waals surface area contributed by atoms with Crippen LogP contribution in [0, 0.1) is 13.8 Å². The Labute approximate surface area is 167 Å². The van der Waals surface area contributed by atoms with E-state index in [9.17, 15) is 4.79 Å². The predicted molar refractivity (Wildman–Crippen MR) is 110 cm³/mol. The first-order chi connectivity index (χ1) is 14.0. The normalized spacial score (nSPS) is 10.9.